The molecule has 4 nitrogen and oxygen atoms in total. The number of nitrogens with zero attached hydrogens (tertiary/aromatic N) is 3. The maximum atomic E-state index is 6.03. The number of rotatable bonds is 4. The van der Waals surface area contributed by atoms with Crippen molar-refractivity contribution in [2.24, 2.45) is 0 Å². The average molecular weight is 277 g/mol. The van der Waals surface area contributed by atoms with Crippen molar-refractivity contribution in [3.8, 4) is 0 Å². The lowest BCUT2D eigenvalue weighted by atomic mass is 10.1. The van der Waals surface area contributed by atoms with E-state index in [0.29, 0.717) is 5.95 Å². The standard InChI is InChI=1S/C14H17ClN4/c1-10(11-5-4-6-12(15)9-11)19(3)13-7-8-17-14(16-2)18-13/h4-10H,1-3H3,(H,16,17,18). The summed E-state index contributed by atoms with van der Waals surface area (Å²) in [4.78, 5) is 10.6. The number of nitrogens with one attached hydrogen (secondary N) is 1. The minimum absolute atomic E-state index is 0.179. The first-order valence-corrected chi connectivity index (χ1v) is 6.48. The molecular formula is C14H17ClN4. The van der Waals surface area contributed by atoms with Crippen molar-refractivity contribution in [2.45, 2.75) is 13.0 Å². The van der Waals surface area contributed by atoms with E-state index in [9.17, 15) is 0 Å². The average Bonchev–Trinajstić information content (AvgIpc) is 2.45. The zero-order valence-corrected chi connectivity index (χ0v) is 12.0. The Bertz CT molecular complexity index is 559. The molecule has 0 amide bonds. The van der Waals surface area contributed by atoms with Crippen molar-refractivity contribution in [3.05, 3.63) is 47.1 Å². The van der Waals surface area contributed by atoms with Gasteiger partial charge in [-0.3, -0.25) is 0 Å². The minimum Gasteiger partial charge on any atom is -0.357 e. The molecule has 19 heavy (non-hydrogen) atoms. The van der Waals surface area contributed by atoms with Crippen LogP contribution >= 0.6 is 11.6 Å². The zero-order chi connectivity index (χ0) is 13.8. The van der Waals surface area contributed by atoms with E-state index in [0.717, 1.165) is 16.4 Å². The van der Waals surface area contributed by atoms with Crippen LogP contribution in [-0.4, -0.2) is 24.1 Å². The first-order chi connectivity index (χ1) is 9.11. The Balaban J connectivity index is 2.25. The summed E-state index contributed by atoms with van der Waals surface area (Å²) in [7, 11) is 3.81. The maximum absolute atomic E-state index is 6.03. The van der Waals surface area contributed by atoms with Gasteiger partial charge in [0.2, 0.25) is 5.95 Å². The monoisotopic (exact) mass is 276 g/mol. The summed E-state index contributed by atoms with van der Waals surface area (Å²) < 4.78 is 0. The van der Waals surface area contributed by atoms with Crippen molar-refractivity contribution < 1.29 is 0 Å². The predicted molar refractivity (Wildman–Crippen MR) is 79.8 cm³/mol. The molecule has 1 aromatic carbocycles. The number of halogens is 1. The van der Waals surface area contributed by atoms with Gasteiger partial charge in [-0.05, 0) is 30.7 Å². The van der Waals surface area contributed by atoms with E-state index in [2.05, 4.69) is 33.2 Å². The third-order valence-corrected chi connectivity index (χ3v) is 3.37. The van der Waals surface area contributed by atoms with Crippen LogP contribution < -0.4 is 10.2 Å². The smallest absolute Gasteiger partial charge is 0.224 e. The van der Waals surface area contributed by atoms with Crippen molar-refractivity contribution in [1.82, 2.24) is 9.97 Å². The summed E-state index contributed by atoms with van der Waals surface area (Å²) in [6.07, 6.45) is 1.75. The van der Waals surface area contributed by atoms with Gasteiger partial charge in [0, 0.05) is 25.3 Å². The van der Waals surface area contributed by atoms with Gasteiger partial charge in [0.25, 0.3) is 0 Å². The first-order valence-electron chi connectivity index (χ1n) is 6.11. The van der Waals surface area contributed by atoms with Crippen LogP contribution in [0.15, 0.2) is 36.5 Å². The van der Waals surface area contributed by atoms with Crippen molar-refractivity contribution in [2.75, 3.05) is 24.3 Å². The van der Waals surface area contributed by atoms with Crippen LogP contribution in [0.1, 0.15) is 18.5 Å². The van der Waals surface area contributed by atoms with Crippen LogP contribution in [0, 0.1) is 0 Å². The van der Waals surface area contributed by atoms with E-state index in [-0.39, 0.29) is 6.04 Å². The molecule has 0 radical (unpaired) electrons. The summed E-state index contributed by atoms with van der Waals surface area (Å²) >= 11 is 6.03. The van der Waals surface area contributed by atoms with Gasteiger partial charge < -0.3 is 10.2 Å². The quantitative estimate of drug-likeness (QED) is 0.930. The van der Waals surface area contributed by atoms with Gasteiger partial charge >= 0.3 is 0 Å². The molecule has 0 aliphatic carbocycles. The Hall–Kier alpha value is -1.81. The SMILES string of the molecule is CNc1nccc(N(C)C(C)c2cccc(Cl)c2)n1. The highest BCUT2D eigenvalue weighted by Crippen LogP contribution is 2.25. The Morgan fingerprint density at radius 2 is 2.11 bits per heavy atom. The van der Waals surface area contributed by atoms with E-state index >= 15 is 0 Å². The number of hydrogen-bond acceptors (Lipinski definition) is 4. The highest BCUT2D eigenvalue weighted by molar-refractivity contribution is 6.30. The van der Waals surface area contributed by atoms with E-state index in [1.807, 2.05) is 31.3 Å². The van der Waals surface area contributed by atoms with Gasteiger partial charge in [0.15, 0.2) is 0 Å². The third kappa shape index (κ3) is 3.15. The molecular weight excluding hydrogens is 260 g/mol. The van der Waals surface area contributed by atoms with Crippen molar-refractivity contribution in [3.63, 3.8) is 0 Å². The molecule has 1 heterocycles. The molecule has 1 aromatic heterocycles. The van der Waals surface area contributed by atoms with Crippen LogP contribution in [0.2, 0.25) is 5.02 Å². The number of anilines is 2. The molecule has 0 spiro atoms. The molecule has 100 valence electrons. The van der Waals surface area contributed by atoms with Gasteiger partial charge in [-0.25, -0.2) is 4.98 Å². The normalized spacial score (nSPS) is 12.0. The van der Waals surface area contributed by atoms with Crippen LogP contribution in [-0.2, 0) is 0 Å². The molecule has 0 saturated carbocycles. The molecule has 0 bridgehead atoms. The highest BCUT2D eigenvalue weighted by atomic mass is 35.5. The second kappa shape index (κ2) is 5.89. The number of aromatic nitrogens is 2. The highest BCUT2D eigenvalue weighted by Gasteiger charge is 2.14. The van der Waals surface area contributed by atoms with E-state index < -0.39 is 0 Å². The third-order valence-electron chi connectivity index (χ3n) is 3.14. The van der Waals surface area contributed by atoms with Gasteiger partial charge in [0.05, 0.1) is 6.04 Å². The molecule has 0 fully saturated rings. The fraction of sp³-hybridized carbons (Fsp3) is 0.286. The Labute approximate surface area is 118 Å². The maximum Gasteiger partial charge on any atom is 0.224 e. The largest absolute Gasteiger partial charge is 0.357 e. The molecule has 0 aliphatic heterocycles. The summed E-state index contributed by atoms with van der Waals surface area (Å²) in [5.74, 6) is 1.48. The lowest BCUT2D eigenvalue weighted by Gasteiger charge is -2.26. The molecule has 2 aromatic rings. The van der Waals surface area contributed by atoms with E-state index in [1.165, 1.54) is 0 Å². The van der Waals surface area contributed by atoms with Crippen LogP contribution in [0.5, 0.6) is 0 Å². The van der Waals surface area contributed by atoms with Crippen molar-refractivity contribution in [1.29, 1.82) is 0 Å². The molecule has 2 rings (SSSR count). The Morgan fingerprint density at radius 1 is 1.32 bits per heavy atom. The molecule has 0 aliphatic rings. The van der Waals surface area contributed by atoms with Crippen LogP contribution in [0.3, 0.4) is 0 Å². The summed E-state index contributed by atoms with van der Waals surface area (Å²) in [6, 6.07) is 9.94. The second-order valence-electron chi connectivity index (χ2n) is 4.33. The summed E-state index contributed by atoms with van der Waals surface area (Å²) in [5, 5.41) is 3.69. The Kier molecular flexibility index (Phi) is 4.22. The molecule has 1 N–H and O–H groups in total. The summed E-state index contributed by atoms with van der Waals surface area (Å²) in [6.45, 7) is 2.12. The minimum atomic E-state index is 0.179. The number of benzene rings is 1. The fourth-order valence-corrected chi connectivity index (χ4v) is 2.05. The summed E-state index contributed by atoms with van der Waals surface area (Å²) in [5.41, 5.74) is 1.15. The molecule has 1 unspecified atom stereocenters. The molecule has 5 heteroatoms. The van der Waals surface area contributed by atoms with Crippen LogP contribution in [0.25, 0.3) is 0 Å². The predicted octanol–water partition coefficient (Wildman–Crippen LogP) is 3.37. The Morgan fingerprint density at radius 3 is 2.79 bits per heavy atom. The van der Waals surface area contributed by atoms with Gasteiger partial charge in [0.1, 0.15) is 5.82 Å². The van der Waals surface area contributed by atoms with Crippen LogP contribution in [0.4, 0.5) is 11.8 Å². The van der Waals surface area contributed by atoms with Gasteiger partial charge in [-0.2, -0.15) is 4.98 Å². The zero-order valence-electron chi connectivity index (χ0n) is 11.3. The molecule has 0 saturated heterocycles. The first kappa shape index (κ1) is 13.6. The topological polar surface area (TPSA) is 41.1 Å². The van der Waals surface area contributed by atoms with E-state index in [1.54, 1.807) is 13.2 Å². The van der Waals surface area contributed by atoms with Crippen molar-refractivity contribution >= 4 is 23.4 Å². The molecule has 1 atom stereocenters. The fourth-order valence-electron chi connectivity index (χ4n) is 1.85. The van der Waals surface area contributed by atoms with E-state index in [4.69, 9.17) is 11.6 Å². The number of hydrogen-bond donors (Lipinski definition) is 1. The lowest BCUT2D eigenvalue weighted by molar-refractivity contribution is 0.728. The second-order valence-corrected chi connectivity index (χ2v) is 4.77. The van der Waals surface area contributed by atoms with Gasteiger partial charge in [-0.1, -0.05) is 23.7 Å². The van der Waals surface area contributed by atoms with Gasteiger partial charge in [-0.15, -0.1) is 0 Å². The lowest BCUT2D eigenvalue weighted by Crippen LogP contribution is -2.23.